The molecule has 2 aromatic heterocycles. The van der Waals surface area contributed by atoms with Crippen LogP contribution in [-0.2, 0) is 4.74 Å². The van der Waals surface area contributed by atoms with Crippen LogP contribution < -0.4 is 5.32 Å². The Balaban J connectivity index is 1.95. The van der Waals surface area contributed by atoms with Gasteiger partial charge in [0.1, 0.15) is 24.6 Å². The first kappa shape index (κ1) is 15.1. The van der Waals surface area contributed by atoms with Gasteiger partial charge in [0.2, 0.25) is 0 Å². The lowest BCUT2D eigenvalue weighted by Crippen LogP contribution is -2.33. The largest absolute Gasteiger partial charge is 0.395 e. The van der Waals surface area contributed by atoms with Gasteiger partial charge in [-0.1, -0.05) is 0 Å². The Hall–Kier alpha value is -1.85. The molecule has 1 unspecified atom stereocenters. The van der Waals surface area contributed by atoms with Gasteiger partial charge in [-0.05, 0) is 0 Å². The normalized spacial score (nSPS) is 28.4. The zero-order chi connectivity index (χ0) is 15.7. The maximum Gasteiger partial charge on any atom is 0.167 e. The highest BCUT2D eigenvalue weighted by atomic mass is 16.6. The SMILES string of the molecule is OCCNc1ncnc2c1ncn2[C@@H]1O[C@H](CO)[C@H](O)C1O. The summed E-state index contributed by atoms with van der Waals surface area (Å²) in [5.74, 6) is 0.449. The molecule has 5 N–H and O–H groups in total. The van der Waals surface area contributed by atoms with E-state index in [0.29, 0.717) is 23.5 Å². The Labute approximate surface area is 125 Å². The van der Waals surface area contributed by atoms with Crippen LogP contribution in [0, 0.1) is 0 Å². The van der Waals surface area contributed by atoms with Crippen molar-refractivity contribution in [3.8, 4) is 0 Å². The molecule has 0 radical (unpaired) electrons. The minimum absolute atomic E-state index is 0.0545. The molecule has 0 spiro atoms. The van der Waals surface area contributed by atoms with Crippen molar-refractivity contribution in [1.29, 1.82) is 0 Å². The summed E-state index contributed by atoms with van der Waals surface area (Å²) in [5, 5.41) is 40.8. The molecule has 0 aliphatic carbocycles. The Kier molecular flexibility index (Phi) is 4.18. The lowest BCUT2D eigenvalue weighted by Gasteiger charge is -2.16. The number of hydrogen-bond acceptors (Lipinski definition) is 9. The maximum atomic E-state index is 10.1. The van der Waals surface area contributed by atoms with Gasteiger partial charge in [0.15, 0.2) is 23.2 Å². The summed E-state index contributed by atoms with van der Waals surface area (Å²) >= 11 is 0. The molecule has 3 heterocycles. The highest BCUT2D eigenvalue weighted by Crippen LogP contribution is 2.31. The number of aromatic nitrogens is 4. The molecule has 2 aromatic rings. The summed E-state index contributed by atoms with van der Waals surface area (Å²) in [4.78, 5) is 12.3. The fourth-order valence-electron chi connectivity index (χ4n) is 2.45. The number of nitrogens with one attached hydrogen (secondary N) is 1. The monoisotopic (exact) mass is 311 g/mol. The van der Waals surface area contributed by atoms with Crippen LogP contribution in [0.4, 0.5) is 5.82 Å². The van der Waals surface area contributed by atoms with Gasteiger partial charge < -0.3 is 30.5 Å². The van der Waals surface area contributed by atoms with E-state index in [1.165, 1.54) is 17.2 Å². The van der Waals surface area contributed by atoms with Gasteiger partial charge in [-0.2, -0.15) is 0 Å². The van der Waals surface area contributed by atoms with Gasteiger partial charge >= 0.3 is 0 Å². The number of anilines is 1. The highest BCUT2D eigenvalue weighted by Gasteiger charge is 2.43. The average Bonchev–Trinajstić information content (AvgIpc) is 3.08. The van der Waals surface area contributed by atoms with E-state index < -0.39 is 31.1 Å². The fraction of sp³-hybridized carbons (Fsp3) is 0.583. The van der Waals surface area contributed by atoms with Gasteiger partial charge in [-0.25, -0.2) is 15.0 Å². The van der Waals surface area contributed by atoms with Gasteiger partial charge in [0.05, 0.1) is 19.5 Å². The van der Waals surface area contributed by atoms with Crippen LogP contribution in [0.1, 0.15) is 6.23 Å². The summed E-state index contributed by atoms with van der Waals surface area (Å²) in [5.41, 5.74) is 0.860. The van der Waals surface area contributed by atoms with Crippen molar-refractivity contribution in [3.05, 3.63) is 12.7 Å². The minimum atomic E-state index is -1.21. The number of aliphatic hydroxyl groups excluding tert-OH is 4. The lowest BCUT2D eigenvalue weighted by molar-refractivity contribution is -0.0511. The number of nitrogens with zero attached hydrogens (tertiary/aromatic N) is 4. The quantitative estimate of drug-likeness (QED) is 0.417. The van der Waals surface area contributed by atoms with E-state index in [0.717, 1.165) is 0 Å². The molecular weight excluding hydrogens is 294 g/mol. The second-order valence-electron chi connectivity index (χ2n) is 4.93. The second-order valence-corrected chi connectivity index (χ2v) is 4.93. The van der Waals surface area contributed by atoms with Crippen LogP contribution in [0.15, 0.2) is 12.7 Å². The van der Waals surface area contributed by atoms with E-state index in [2.05, 4.69) is 20.3 Å². The predicted octanol–water partition coefficient (Wildman–Crippen LogP) is -2.16. The van der Waals surface area contributed by atoms with Crippen LogP contribution in [0.2, 0.25) is 0 Å². The van der Waals surface area contributed by atoms with E-state index in [-0.39, 0.29) is 6.61 Å². The number of ether oxygens (including phenoxy) is 1. The third-order valence-electron chi connectivity index (χ3n) is 3.55. The first-order valence-electron chi connectivity index (χ1n) is 6.82. The van der Waals surface area contributed by atoms with Gasteiger partial charge in [-0.15, -0.1) is 0 Å². The van der Waals surface area contributed by atoms with E-state index >= 15 is 0 Å². The van der Waals surface area contributed by atoms with Crippen LogP contribution in [0.25, 0.3) is 11.2 Å². The predicted molar refractivity (Wildman–Crippen MR) is 73.9 cm³/mol. The Morgan fingerprint density at radius 3 is 2.68 bits per heavy atom. The van der Waals surface area contributed by atoms with Crippen LogP contribution in [0.5, 0.6) is 0 Å². The smallest absolute Gasteiger partial charge is 0.167 e. The van der Waals surface area contributed by atoms with E-state index in [1.807, 2.05) is 0 Å². The molecule has 4 atom stereocenters. The highest BCUT2D eigenvalue weighted by molar-refractivity contribution is 5.82. The Bertz CT molecular complexity index is 650. The fourth-order valence-corrected chi connectivity index (χ4v) is 2.45. The summed E-state index contributed by atoms with van der Waals surface area (Å²) in [6, 6.07) is 0. The number of hydrogen-bond donors (Lipinski definition) is 5. The molecule has 10 heteroatoms. The van der Waals surface area contributed by atoms with Crippen molar-refractivity contribution < 1.29 is 25.2 Å². The summed E-state index contributed by atoms with van der Waals surface area (Å²) in [6.07, 6.45) is -1.44. The summed E-state index contributed by atoms with van der Waals surface area (Å²) in [7, 11) is 0. The molecule has 0 saturated carbocycles. The molecule has 1 fully saturated rings. The van der Waals surface area contributed by atoms with E-state index in [4.69, 9.17) is 14.9 Å². The standard InChI is InChI=1S/C12H17N5O5/c18-2-1-13-10-7-11(15-4-14-10)17(5-16-7)12-9(21)8(20)6(3-19)22-12/h4-6,8-9,12,18-21H,1-3H2,(H,13,14,15)/t6-,8+,9?,12-/m1/s1. The zero-order valence-electron chi connectivity index (χ0n) is 11.6. The van der Waals surface area contributed by atoms with Crippen LogP contribution in [0.3, 0.4) is 0 Å². The molecule has 3 rings (SSSR count). The van der Waals surface area contributed by atoms with Crippen molar-refractivity contribution in [1.82, 2.24) is 19.5 Å². The van der Waals surface area contributed by atoms with Crippen LogP contribution in [-0.4, -0.2) is 78.0 Å². The third kappa shape index (κ3) is 2.40. The molecule has 0 amide bonds. The number of fused-ring (bicyclic) bond motifs is 1. The van der Waals surface area contributed by atoms with Gasteiger partial charge in [-0.3, -0.25) is 4.57 Å². The molecule has 22 heavy (non-hydrogen) atoms. The van der Waals surface area contributed by atoms with Gasteiger partial charge in [0.25, 0.3) is 0 Å². The van der Waals surface area contributed by atoms with Crippen molar-refractivity contribution in [3.63, 3.8) is 0 Å². The third-order valence-corrected chi connectivity index (χ3v) is 3.55. The number of imidazole rings is 1. The van der Waals surface area contributed by atoms with E-state index in [9.17, 15) is 10.2 Å². The Morgan fingerprint density at radius 2 is 2.00 bits per heavy atom. The van der Waals surface area contributed by atoms with Gasteiger partial charge in [0, 0.05) is 6.54 Å². The first-order valence-corrected chi connectivity index (χ1v) is 6.82. The molecule has 120 valence electrons. The molecule has 1 aliphatic rings. The van der Waals surface area contributed by atoms with E-state index in [1.54, 1.807) is 0 Å². The van der Waals surface area contributed by atoms with Crippen molar-refractivity contribution >= 4 is 17.0 Å². The van der Waals surface area contributed by atoms with Crippen LogP contribution >= 0.6 is 0 Å². The van der Waals surface area contributed by atoms with Crippen molar-refractivity contribution in [2.45, 2.75) is 24.5 Å². The molecule has 1 aliphatic heterocycles. The molecular formula is C12H17N5O5. The first-order chi connectivity index (χ1) is 10.7. The molecule has 0 bridgehead atoms. The summed E-state index contributed by atoms with van der Waals surface area (Å²) < 4.78 is 6.94. The lowest BCUT2D eigenvalue weighted by atomic mass is 10.1. The summed E-state index contributed by atoms with van der Waals surface area (Å²) in [6.45, 7) is -0.145. The molecule has 10 nitrogen and oxygen atoms in total. The topological polar surface area (TPSA) is 146 Å². The second kappa shape index (κ2) is 6.10. The van der Waals surface area contributed by atoms with Crippen molar-refractivity contribution in [2.24, 2.45) is 0 Å². The number of rotatable bonds is 5. The maximum absolute atomic E-state index is 10.1. The zero-order valence-corrected chi connectivity index (χ0v) is 11.6. The average molecular weight is 311 g/mol. The number of aliphatic hydroxyl groups is 4. The van der Waals surface area contributed by atoms with Crippen molar-refractivity contribution in [2.75, 3.05) is 25.1 Å². The molecule has 1 saturated heterocycles. The minimum Gasteiger partial charge on any atom is -0.395 e. The Morgan fingerprint density at radius 1 is 1.18 bits per heavy atom. The molecule has 0 aromatic carbocycles.